The van der Waals surface area contributed by atoms with Crippen LogP contribution in [0.3, 0.4) is 0 Å². The topological polar surface area (TPSA) is 120 Å². The van der Waals surface area contributed by atoms with Crippen LogP contribution < -0.4 is 15.5 Å². The van der Waals surface area contributed by atoms with Gasteiger partial charge in [0, 0.05) is 6.07 Å². The van der Waals surface area contributed by atoms with Crippen molar-refractivity contribution < 1.29 is 26.6 Å². The average Bonchev–Trinajstić information content (AvgIpc) is 2.68. The van der Waals surface area contributed by atoms with Crippen molar-refractivity contribution in [2.75, 3.05) is 12.3 Å². The van der Waals surface area contributed by atoms with Crippen molar-refractivity contribution in [2.45, 2.75) is 0 Å². The van der Waals surface area contributed by atoms with Crippen molar-refractivity contribution in [1.29, 1.82) is 0 Å². The van der Waals surface area contributed by atoms with Crippen LogP contribution in [0, 0.1) is 10.1 Å². The maximum absolute atomic E-state index is 10.9. The van der Waals surface area contributed by atoms with E-state index in [2.05, 4.69) is 8.57 Å². The van der Waals surface area contributed by atoms with Crippen LogP contribution in [0.25, 0.3) is 0 Å². The predicted molar refractivity (Wildman–Crippen MR) is 56.4 cm³/mol. The number of hydrogen-bond donors (Lipinski definition) is 1. The van der Waals surface area contributed by atoms with Crippen LogP contribution >= 0.6 is 0 Å². The number of ether oxygens (including phenoxy) is 1. The van der Waals surface area contributed by atoms with E-state index in [0.717, 1.165) is 12.1 Å². The minimum Gasteiger partial charge on any atom is -0.494 e. The molecule has 0 atom stereocenters. The lowest BCUT2D eigenvalue weighted by Crippen LogP contribution is -2.28. The lowest BCUT2D eigenvalue weighted by atomic mass is 10.2. The first-order valence-corrected chi connectivity index (χ1v) is 5.77. The molecule has 1 fully saturated rings. The van der Waals surface area contributed by atoms with E-state index in [4.69, 9.17) is 4.74 Å². The van der Waals surface area contributed by atoms with Crippen molar-refractivity contribution in [2.24, 2.45) is 0 Å². The Morgan fingerprint density at radius 3 is 2.72 bits per heavy atom. The number of anilines is 1. The van der Waals surface area contributed by atoms with Gasteiger partial charge in [-0.3, -0.25) is 10.1 Å². The number of hydrazine groups is 1. The Kier molecular flexibility index (Phi) is 3.04. The van der Waals surface area contributed by atoms with E-state index < -0.39 is 15.3 Å². The minimum absolute atomic E-state index is 0.0393. The standard InChI is InChI=1S/C7H7N3O7S/c1-15-7-4-5(10(11)12)2-3-6(7)9-8-16-18(13,14)17-9/h2-4,8H,1H3. The first-order chi connectivity index (χ1) is 8.43. The molecule has 0 saturated carbocycles. The Labute approximate surface area is 101 Å². The first-order valence-electron chi connectivity index (χ1n) is 4.44. The molecule has 0 amide bonds. The molecule has 0 unspecified atom stereocenters. The summed E-state index contributed by atoms with van der Waals surface area (Å²) in [6.07, 6.45) is 0. The highest BCUT2D eigenvalue weighted by molar-refractivity contribution is 7.82. The summed E-state index contributed by atoms with van der Waals surface area (Å²) in [4.78, 5) is 9.96. The third-order valence-corrected chi connectivity index (χ3v) is 2.59. The quantitative estimate of drug-likeness (QED) is 0.602. The molecule has 11 heteroatoms. The molecule has 18 heavy (non-hydrogen) atoms. The minimum atomic E-state index is -4.17. The van der Waals surface area contributed by atoms with Crippen LogP contribution in [0.4, 0.5) is 11.4 Å². The van der Waals surface area contributed by atoms with Gasteiger partial charge in [0.05, 0.1) is 18.1 Å². The van der Waals surface area contributed by atoms with Gasteiger partial charge in [0.2, 0.25) is 0 Å². The summed E-state index contributed by atoms with van der Waals surface area (Å²) in [5, 5.41) is 11.2. The molecule has 1 aliphatic heterocycles. The van der Waals surface area contributed by atoms with E-state index in [0.29, 0.717) is 5.17 Å². The van der Waals surface area contributed by atoms with Crippen LogP contribution in [-0.4, -0.2) is 20.5 Å². The van der Waals surface area contributed by atoms with Gasteiger partial charge in [-0.15, -0.1) is 13.7 Å². The normalized spacial score (nSPS) is 17.7. The summed E-state index contributed by atoms with van der Waals surface area (Å²) in [5.41, 5.74) is 1.85. The molecule has 0 aliphatic carbocycles. The van der Waals surface area contributed by atoms with Crippen molar-refractivity contribution in [3.63, 3.8) is 0 Å². The van der Waals surface area contributed by atoms with E-state index in [-0.39, 0.29) is 17.1 Å². The first kappa shape index (κ1) is 12.5. The summed E-state index contributed by atoms with van der Waals surface area (Å²) >= 11 is 0. The SMILES string of the molecule is COc1cc([N+](=O)[O-])ccc1N1NOS(=O)(=O)O1. The Hall–Kier alpha value is -1.95. The van der Waals surface area contributed by atoms with Gasteiger partial charge in [-0.1, -0.05) is 5.59 Å². The van der Waals surface area contributed by atoms with Crippen molar-refractivity contribution in [3.8, 4) is 5.75 Å². The number of nitro benzene ring substituents is 1. The molecule has 1 heterocycles. The molecule has 0 aromatic heterocycles. The highest BCUT2D eigenvalue weighted by atomic mass is 32.3. The van der Waals surface area contributed by atoms with E-state index in [1.54, 1.807) is 0 Å². The molecule has 2 rings (SSSR count). The summed E-state index contributed by atoms with van der Waals surface area (Å²) in [7, 11) is -2.90. The summed E-state index contributed by atoms with van der Waals surface area (Å²) in [6.45, 7) is 0. The zero-order chi connectivity index (χ0) is 13.3. The third-order valence-electron chi connectivity index (χ3n) is 1.98. The van der Waals surface area contributed by atoms with Crippen molar-refractivity contribution >= 4 is 21.8 Å². The van der Waals surface area contributed by atoms with Crippen LogP contribution in [-0.2, 0) is 19.0 Å². The highest BCUT2D eigenvalue weighted by Crippen LogP contribution is 2.33. The summed E-state index contributed by atoms with van der Waals surface area (Å²) < 4.78 is 35.2. The van der Waals surface area contributed by atoms with E-state index >= 15 is 0 Å². The second-order valence-electron chi connectivity index (χ2n) is 3.07. The van der Waals surface area contributed by atoms with E-state index in [9.17, 15) is 18.5 Å². The van der Waals surface area contributed by atoms with Gasteiger partial charge in [-0.05, 0) is 6.07 Å². The fourth-order valence-corrected chi connectivity index (χ4v) is 1.72. The predicted octanol–water partition coefficient (Wildman–Crippen LogP) is 0.0360. The average molecular weight is 277 g/mol. The number of benzene rings is 1. The number of nitrogens with one attached hydrogen (secondary N) is 1. The molecular formula is C7H7N3O7S. The van der Waals surface area contributed by atoms with Gasteiger partial charge in [0.15, 0.2) is 5.75 Å². The molecule has 1 aromatic carbocycles. The fraction of sp³-hybridized carbons (Fsp3) is 0.143. The van der Waals surface area contributed by atoms with Gasteiger partial charge in [-0.2, -0.15) is 8.42 Å². The summed E-state index contributed by atoms with van der Waals surface area (Å²) in [6, 6.07) is 3.52. The monoisotopic (exact) mass is 277 g/mol. The van der Waals surface area contributed by atoms with E-state index in [1.165, 1.54) is 13.2 Å². The molecule has 0 spiro atoms. The molecule has 0 bridgehead atoms. The molecular weight excluding hydrogens is 270 g/mol. The van der Waals surface area contributed by atoms with Crippen LogP contribution in [0.1, 0.15) is 0 Å². The highest BCUT2D eigenvalue weighted by Gasteiger charge is 2.31. The van der Waals surface area contributed by atoms with Gasteiger partial charge < -0.3 is 4.74 Å². The fourth-order valence-electron chi connectivity index (χ4n) is 1.24. The lowest BCUT2D eigenvalue weighted by molar-refractivity contribution is -0.384. The van der Waals surface area contributed by atoms with Gasteiger partial charge in [0.1, 0.15) is 5.69 Å². The second-order valence-corrected chi connectivity index (χ2v) is 4.20. The number of nitro groups is 1. The Balaban J connectivity index is 2.37. The van der Waals surface area contributed by atoms with Gasteiger partial charge in [-0.25, -0.2) is 0 Å². The molecule has 1 aliphatic rings. The maximum Gasteiger partial charge on any atom is 0.440 e. The number of non-ortho nitro benzene ring substituents is 1. The lowest BCUT2D eigenvalue weighted by Gasteiger charge is -2.14. The smallest absolute Gasteiger partial charge is 0.440 e. The van der Waals surface area contributed by atoms with Gasteiger partial charge >= 0.3 is 10.4 Å². The molecule has 1 saturated heterocycles. The van der Waals surface area contributed by atoms with Crippen LogP contribution in [0.5, 0.6) is 5.75 Å². The number of rotatable bonds is 3. The van der Waals surface area contributed by atoms with Crippen LogP contribution in [0.2, 0.25) is 0 Å². The molecule has 0 radical (unpaired) electrons. The Bertz CT molecular complexity index is 587. The maximum atomic E-state index is 10.9. The largest absolute Gasteiger partial charge is 0.494 e. The Morgan fingerprint density at radius 2 is 2.22 bits per heavy atom. The number of methoxy groups -OCH3 is 1. The van der Waals surface area contributed by atoms with Crippen molar-refractivity contribution in [3.05, 3.63) is 28.3 Å². The number of nitrogens with zero attached hydrogens (tertiary/aromatic N) is 2. The Morgan fingerprint density at radius 1 is 1.50 bits per heavy atom. The zero-order valence-corrected chi connectivity index (χ0v) is 9.71. The van der Waals surface area contributed by atoms with Gasteiger partial charge in [0.25, 0.3) is 5.69 Å². The third kappa shape index (κ3) is 2.33. The second kappa shape index (κ2) is 4.38. The van der Waals surface area contributed by atoms with E-state index in [1.807, 2.05) is 5.59 Å². The molecule has 98 valence electrons. The summed E-state index contributed by atoms with van der Waals surface area (Å²) in [5.74, 6) is 0.0393. The number of hydrogen-bond acceptors (Lipinski definition) is 9. The molecule has 1 aromatic rings. The molecule has 1 N–H and O–H groups in total. The van der Waals surface area contributed by atoms with Crippen molar-refractivity contribution in [1.82, 2.24) is 5.59 Å². The van der Waals surface area contributed by atoms with Crippen LogP contribution in [0.15, 0.2) is 18.2 Å². The molecule has 10 nitrogen and oxygen atoms in total. The zero-order valence-electron chi connectivity index (χ0n) is 8.89.